The van der Waals surface area contributed by atoms with Crippen molar-refractivity contribution < 1.29 is 32.7 Å². The van der Waals surface area contributed by atoms with E-state index >= 15 is 0 Å². The van der Waals surface area contributed by atoms with Crippen molar-refractivity contribution in [2.75, 3.05) is 6.54 Å². The fraction of sp³-hybridized carbons (Fsp3) is 0.364. The van der Waals surface area contributed by atoms with Crippen LogP contribution in [-0.4, -0.2) is 34.8 Å². The average molecular weight is 434 g/mol. The monoisotopic (exact) mass is 434 g/mol. The van der Waals surface area contributed by atoms with E-state index in [0.29, 0.717) is 44.3 Å². The highest BCUT2D eigenvalue weighted by Gasteiger charge is 2.48. The molecule has 0 radical (unpaired) electrons. The van der Waals surface area contributed by atoms with E-state index in [1.807, 2.05) is 6.07 Å². The fourth-order valence-electron chi connectivity index (χ4n) is 4.52. The van der Waals surface area contributed by atoms with Crippen LogP contribution in [0.15, 0.2) is 42.5 Å². The Balaban J connectivity index is 1.44. The Bertz CT molecular complexity index is 1010. The summed E-state index contributed by atoms with van der Waals surface area (Å²) in [7, 11) is 0. The Labute approximate surface area is 176 Å². The molecule has 6 nitrogen and oxygen atoms in total. The first-order valence-electron chi connectivity index (χ1n) is 9.89. The van der Waals surface area contributed by atoms with Crippen molar-refractivity contribution in [2.45, 2.75) is 38.6 Å². The molecule has 4 rings (SSSR count). The molecule has 1 heterocycles. The van der Waals surface area contributed by atoms with Gasteiger partial charge in [-0.2, -0.15) is 0 Å². The molecular weight excluding hydrogens is 413 g/mol. The Morgan fingerprint density at radius 3 is 2.55 bits per heavy atom. The number of hydrogen-bond acceptors (Lipinski definition) is 4. The number of alkyl halides is 3. The van der Waals surface area contributed by atoms with Crippen LogP contribution in [0.25, 0.3) is 0 Å². The van der Waals surface area contributed by atoms with Gasteiger partial charge in [0.15, 0.2) is 0 Å². The van der Waals surface area contributed by atoms with Gasteiger partial charge in [-0.3, -0.25) is 14.8 Å². The zero-order valence-corrected chi connectivity index (χ0v) is 16.5. The van der Waals surface area contributed by atoms with Gasteiger partial charge in [-0.1, -0.05) is 18.2 Å². The number of rotatable bonds is 4. The van der Waals surface area contributed by atoms with Crippen LogP contribution < -0.4 is 10.2 Å². The molecule has 1 aliphatic carbocycles. The summed E-state index contributed by atoms with van der Waals surface area (Å²) in [6.45, 7) is 0.912. The summed E-state index contributed by atoms with van der Waals surface area (Å²) in [5.41, 5.74) is 4.25. The summed E-state index contributed by atoms with van der Waals surface area (Å²) in [6, 6.07) is 10.8. The van der Waals surface area contributed by atoms with Crippen molar-refractivity contribution in [3.05, 3.63) is 64.7 Å². The molecule has 1 fully saturated rings. The second kappa shape index (κ2) is 7.88. The van der Waals surface area contributed by atoms with Crippen LogP contribution in [0.1, 0.15) is 39.9 Å². The standard InChI is InChI=1S/C22H21F3N2O4/c23-22(24,25)31-18-5-1-14(2-6-18)13-27-10-9-21(20(27)29)8-7-15-11-16(19(28)26-30)3-4-17(15)12-21/h1-6,11,30H,7-10,12-13H2,(H,26,28)/t21-/m1/s1. The maximum absolute atomic E-state index is 13.2. The van der Waals surface area contributed by atoms with Gasteiger partial charge in [-0.05, 0) is 66.6 Å². The van der Waals surface area contributed by atoms with E-state index in [9.17, 15) is 22.8 Å². The topological polar surface area (TPSA) is 78.9 Å². The van der Waals surface area contributed by atoms with E-state index in [0.717, 1.165) is 16.7 Å². The van der Waals surface area contributed by atoms with Gasteiger partial charge in [0.25, 0.3) is 5.91 Å². The number of ether oxygens (including phenoxy) is 1. The number of nitrogens with one attached hydrogen (secondary N) is 1. The van der Waals surface area contributed by atoms with Crippen LogP contribution in [0.2, 0.25) is 0 Å². The number of benzene rings is 2. The molecule has 0 bridgehead atoms. The lowest BCUT2D eigenvalue weighted by Gasteiger charge is -2.33. The summed E-state index contributed by atoms with van der Waals surface area (Å²) in [4.78, 5) is 26.6. The van der Waals surface area contributed by atoms with Crippen LogP contribution in [0.5, 0.6) is 5.75 Å². The number of amides is 2. The molecule has 1 atom stereocenters. The van der Waals surface area contributed by atoms with Crippen molar-refractivity contribution in [1.82, 2.24) is 10.4 Å². The maximum atomic E-state index is 13.2. The number of nitrogens with zero attached hydrogens (tertiary/aromatic N) is 1. The zero-order valence-electron chi connectivity index (χ0n) is 16.5. The van der Waals surface area contributed by atoms with E-state index in [-0.39, 0.29) is 11.7 Å². The number of hydrogen-bond donors (Lipinski definition) is 2. The smallest absolute Gasteiger partial charge is 0.406 e. The summed E-state index contributed by atoms with van der Waals surface area (Å²) in [6.07, 6.45) is -2.13. The SMILES string of the molecule is O=C(NO)c1ccc2c(c1)CC[C@@]1(CCN(Cc3ccc(OC(F)(F)F)cc3)C1=O)C2. The molecule has 0 saturated carbocycles. The molecule has 1 aliphatic heterocycles. The van der Waals surface area contributed by atoms with Crippen molar-refractivity contribution >= 4 is 11.8 Å². The van der Waals surface area contributed by atoms with Gasteiger partial charge in [-0.25, -0.2) is 5.48 Å². The highest BCUT2D eigenvalue weighted by molar-refractivity contribution is 5.93. The number of carbonyl (C=O) groups is 2. The van der Waals surface area contributed by atoms with Gasteiger partial charge in [-0.15, -0.1) is 13.2 Å². The summed E-state index contributed by atoms with van der Waals surface area (Å²) in [5, 5.41) is 8.80. The first-order chi connectivity index (χ1) is 14.7. The van der Waals surface area contributed by atoms with Gasteiger partial charge < -0.3 is 9.64 Å². The molecular formula is C22H21F3N2O4. The van der Waals surface area contributed by atoms with Crippen molar-refractivity contribution in [3.8, 4) is 5.75 Å². The van der Waals surface area contributed by atoms with Gasteiger partial charge in [0.2, 0.25) is 5.91 Å². The van der Waals surface area contributed by atoms with Crippen LogP contribution in [0.4, 0.5) is 13.2 Å². The predicted molar refractivity (Wildman–Crippen MR) is 103 cm³/mol. The lowest BCUT2D eigenvalue weighted by molar-refractivity contribution is -0.274. The molecule has 9 heteroatoms. The minimum atomic E-state index is -4.74. The first-order valence-corrected chi connectivity index (χ1v) is 9.89. The van der Waals surface area contributed by atoms with Crippen LogP contribution in [0, 0.1) is 5.41 Å². The molecule has 164 valence electrons. The summed E-state index contributed by atoms with van der Waals surface area (Å²) < 4.78 is 40.8. The van der Waals surface area contributed by atoms with E-state index in [1.54, 1.807) is 22.5 Å². The fourth-order valence-corrected chi connectivity index (χ4v) is 4.52. The molecule has 2 aromatic rings. The van der Waals surface area contributed by atoms with Crippen LogP contribution in [0.3, 0.4) is 0 Å². The number of aryl methyl sites for hydroxylation is 1. The zero-order chi connectivity index (χ0) is 22.2. The third-order valence-electron chi connectivity index (χ3n) is 6.10. The summed E-state index contributed by atoms with van der Waals surface area (Å²) >= 11 is 0. The predicted octanol–water partition coefficient (Wildman–Crippen LogP) is 3.61. The van der Waals surface area contributed by atoms with E-state index in [4.69, 9.17) is 5.21 Å². The third kappa shape index (κ3) is 4.36. The molecule has 0 unspecified atom stereocenters. The lowest BCUT2D eigenvalue weighted by Crippen LogP contribution is -2.38. The number of fused-ring (bicyclic) bond motifs is 1. The maximum Gasteiger partial charge on any atom is 0.573 e. The first kappa shape index (κ1) is 21.2. The van der Waals surface area contributed by atoms with Crippen LogP contribution >= 0.6 is 0 Å². The minimum Gasteiger partial charge on any atom is -0.406 e. The lowest BCUT2D eigenvalue weighted by atomic mass is 9.70. The highest BCUT2D eigenvalue weighted by Crippen LogP contribution is 2.44. The van der Waals surface area contributed by atoms with Gasteiger partial charge in [0.05, 0.1) is 5.41 Å². The Kier molecular flexibility index (Phi) is 5.38. The van der Waals surface area contributed by atoms with Crippen LogP contribution in [-0.2, 0) is 24.2 Å². The van der Waals surface area contributed by atoms with E-state index < -0.39 is 17.7 Å². The second-order valence-corrected chi connectivity index (χ2v) is 8.05. The number of halogens is 3. The molecule has 1 spiro atoms. The van der Waals surface area contributed by atoms with E-state index in [2.05, 4.69) is 4.74 Å². The quantitative estimate of drug-likeness (QED) is 0.569. The average Bonchev–Trinajstić information content (AvgIpc) is 3.02. The highest BCUT2D eigenvalue weighted by atomic mass is 19.4. The molecule has 0 aromatic heterocycles. The molecule has 2 N–H and O–H groups in total. The van der Waals surface area contributed by atoms with Crippen molar-refractivity contribution in [3.63, 3.8) is 0 Å². The third-order valence-corrected chi connectivity index (χ3v) is 6.10. The number of hydroxylamine groups is 1. The van der Waals surface area contributed by atoms with Gasteiger partial charge in [0.1, 0.15) is 5.75 Å². The Morgan fingerprint density at radius 2 is 1.87 bits per heavy atom. The molecule has 1 saturated heterocycles. The molecule has 2 aliphatic rings. The molecule has 2 amide bonds. The minimum absolute atomic E-state index is 0.0472. The normalized spacial score (nSPS) is 20.6. The van der Waals surface area contributed by atoms with Crippen molar-refractivity contribution in [2.24, 2.45) is 5.41 Å². The Morgan fingerprint density at radius 1 is 1.13 bits per heavy atom. The van der Waals surface area contributed by atoms with Gasteiger partial charge >= 0.3 is 6.36 Å². The second-order valence-electron chi connectivity index (χ2n) is 8.05. The van der Waals surface area contributed by atoms with Gasteiger partial charge in [0, 0.05) is 18.7 Å². The number of carbonyl (C=O) groups excluding carboxylic acids is 2. The largest absolute Gasteiger partial charge is 0.573 e. The Hall–Kier alpha value is -3.07. The molecule has 31 heavy (non-hydrogen) atoms. The summed E-state index contributed by atoms with van der Waals surface area (Å²) in [5.74, 6) is -0.817. The van der Waals surface area contributed by atoms with E-state index in [1.165, 1.54) is 24.3 Å². The van der Waals surface area contributed by atoms with Crippen molar-refractivity contribution in [1.29, 1.82) is 0 Å². The number of likely N-dealkylation sites (tertiary alicyclic amines) is 1. The molecule has 2 aromatic carbocycles.